The zero-order valence-corrected chi connectivity index (χ0v) is 9.34. The number of hydrogen-bond donors (Lipinski definition) is 2. The highest BCUT2D eigenvalue weighted by molar-refractivity contribution is 5.73. The summed E-state index contributed by atoms with van der Waals surface area (Å²) in [5, 5.41) is 12.0. The van der Waals surface area contributed by atoms with Gasteiger partial charge in [0.1, 0.15) is 6.04 Å². The second-order valence-electron chi connectivity index (χ2n) is 5.27. The van der Waals surface area contributed by atoms with E-state index in [-0.39, 0.29) is 6.04 Å². The minimum Gasteiger partial charge on any atom is -0.480 e. The Kier molecular flexibility index (Phi) is 3.53. The smallest absolute Gasteiger partial charge is 0.320 e. The van der Waals surface area contributed by atoms with Crippen molar-refractivity contribution in [3.8, 4) is 0 Å². The lowest BCUT2D eigenvalue weighted by molar-refractivity contribution is -0.139. The molecule has 0 bridgehead atoms. The summed E-state index contributed by atoms with van der Waals surface area (Å²) in [6.07, 6.45) is 2.87. The van der Waals surface area contributed by atoms with E-state index in [1.54, 1.807) is 0 Å². The molecule has 1 aliphatic rings. The molecular formula is C11H21NO2. The summed E-state index contributed by atoms with van der Waals surface area (Å²) >= 11 is 0. The van der Waals surface area contributed by atoms with E-state index in [9.17, 15) is 4.79 Å². The van der Waals surface area contributed by atoms with Gasteiger partial charge in [0.15, 0.2) is 0 Å². The average Bonchev–Trinajstić information content (AvgIpc) is 2.26. The van der Waals surface area contributed by atoms with Crippen LogP contribution >= 0.6 is 0 Å². The molecule has 1 heterocycles. The van der Waals surface area contributed by atoms with Crippen molar-refractivity contribution < 1.29 is 9.90 Å². The van der Waals surface area contributed by atoms with Crippen molar-refractivity contribution in [2.24, 2.45) is 11.3 Å². The first kappa shape index (κ1) is 11.5. The summed E-state index contributed by atoms with van der Waals surface area (Å²) in [5.41, 5.74) is 0.301. The highest BCUT2D eigenvalue weighted by Gasteiger charge is 2.29. The number of rotatable bonds is 1. The number of carbonyl (C=O) groups is 1. The Morgan fingerprint density at radius 2 is 1.93 bits per heavy atom. The van der Waals surface area contributed by atoms with Gasteiger partial charge in [-0.05, 0) is 37.1 Å². The minimum absolute atomic E-state index is 0.301. The van der Waals surface area contributed by atoms with E-state index >= 15 is 0 Å². The third-order valence-electron chi connectivity index (χ3n) is 3.21. The normalized spacial score (nSPS) is 29.6. The quantitative estimate of drug-likeness (QED) is 0.678. The molecule has 1 saturated heterocycles. The van der Waals surface area contributed by atoms with Crippen LogP contribution in [0.3, 0.4) is 0 Å². The predicted octanol–water partition coefficient (Wildman–Crippen LogP) is 1.88. The van der Waals surface area contributed by atoms with Crippen LogP contribution in [0.15, 0.2) is 0 Å². The minimum atomic E-state index is -0.709. The molecule has 2 atom stereocenters. The Bertz CT molecular complexity index is 208. The molecule has 0 aromatic rings. The van der Waals surface area contributed by atoms with Gasteiger partial charge in [-0.3, -0.25) is 4.79 Å². The standard InChI is InChI=1S/C11H21NO2/c1-11(2,3)8-4-5-9(10(13)14)12-7-6-8/h8-9,12H,4-7H2,1-3H3,(H,13,14). The number of aliphatic carboxylic acids is 1. The van der Waals surface area contributed by atoms with Crippen LogP contribution < -0.4 is 5.32 Å². The lowest BCUT2D eigenvalue weighted by Gasteiger charge is -2.29. The van der Waals surface area contributed by atoms with Crippen LogP contribution in [-0.4, -0.2) is 23.7 Å². The van der Waals surface area contributed by atoms with E-state index in [0.29, 0.717) is 11.3 Å². The summed E-state index contributed by atoms with van der Waals surface area (Å²) in [6.45, 7) is 7.54. The Labute approximate surface area is 85.9 Å². The van der Waals surface area contributed by atoms with Crippen molar-refractivity contribution in [1.29, 1.82) is 0 Å². The zero-order chi connectivity index (χ0) is 10.8. The van der Waals surface area contributed by atoms with Crippen LogP contribution in [-0.2, 0) is 4.79 Å². The lowest BCUT2D eigenvalue weighted by Crippen LogP contribution is -2.35. The highest BCUT2D eigenvalue weighted by Crippen LogP contribution is 2.33. The fourth-order valence-corrected chi connectivity index (χ4v) is 2.12. The molecule has 2 N–H and O–H groups in total. The van der Waals surface area contributed by atoms with Gasteiger partial charge in [-0.2, -0.15) is 0 Å². The molecule has 82 valence electrons. The molecule has 0 aromatic carbocycles. The molecule has 0 saturated carbocycles. The number of carboxylic acid groups (broad SMARTS) is 1. The van der Waals surface area contributed by atoms with E-state index in [1.807, 2.05) is 0 Å². The maximum absolute atomic E-state index is 10.8. The molecule has 1 fully saturated rings. The van der Waals surface area contributed by atoms with E-state index in [1.165, 1.54) is 0 Å². The Balaban J connectivity index is 2.53. The molecule has 0 radical (unpaired) electrons. The average molecular weight is 199 g/mol. The van der Waals surface area contributed by atoms with Crippen molar-refractivity contribution in [2.45, 2.75) is 46.1 Å². The van der Waals surface area contributed by atoms with Gasteiger partial charge in [-0.25, -0.2) is 0 Å². The van der Waals surface area contributed by atoms with Gasteiger partial charge >= 0.3 is 5.97 Å². The van der Waals surface area contributed by atoms with Gasteiger partial charge in [0.25, 0.3) is 0 Å². The summed E-state index contributed by atoms with van der Waals surface area (Å²) in [5.74, 6) is -0.0705. The van der Waals surface area contributed by atoms with Crippen molar-refractivity contribution in [3.63, 3.8) is 0 Å². The summed E-state index contributed by atoms with van der Waals surface area (Å²) in [7, 11) is 0. The van der Waals surface area contributed by atoms with E-state index in [2.05, 4.69) is 26.1 Å². The van der Waals surface area contributed by atoms with E-state index in [4.69, 9.17) is 5.11 Å². The Morgan fingerprint density at radius 1 is 1.29 bits per heavy atom. The van der Waals surface area contributed by atoms with Gasteiger partial charge < -0.3 is 10.4 Å². The zero-order valence-electron chi connectivity index (χ0n) is 9.34. The Hall–Kier alpha value is -0.570. The van der Waals surface area contributed by atoms with Gasteiger partial charge in [-0.15, -0.1) is 0 Å². The molecule has 0 aromatic heterocycles. The van der Waals surface area contributed by atoms with Crippen LogP contribution in [0, 0.1) is 11.3 Å². The van der Waals surface area contributed by atoms with Crippen LogP contribution in [0.4, 0.5) is 0 Å². The first-order chi connectivity index (χ1) is 6.41. The maximum Gasteiger partial charge on any atom is 0.320 e. The van der Waals surface area contributed by atoms with Gasteiger partial charge in [0.2, 0.25) is 0 Å². The number of nitrogens with one attached hydrogen (secondary N) is 1. The topological polar surface area (TPSA) is 49.3 Å². The first-order valence-corrected chi connectivity index (χ1v) is 5.37. The summed E-state index contributed by atoms with van der Waals surface area (Å²) in [4.78, 5) is 10.8. The van der Waals surface area contributed by atoms with Gasteiger partial charge in [-0.1, -0.05) is 20.8 Å². The van der Waals surface area contributed by atoms with Crippen LogP contribution in [0.5, 0.6) is 0 Å². The molecular weight excluding hydrogens is 178 g/mol. The van der Waals surface area contributed by atoms with Crippen LogP contribution in [0.1, 0.15) is 40.0 Å². The molecule has 0 amide bonds. The molecule has 3 nitrogen and oxygen atoms in total. The van der Waals surface area contributed by atoms with Crippen LogP contribution in [0.25, 0.3) is 0 Å². The van der Waals surface area contributed by atoms with E-state index < -0.39 is 5.97 Å². The van der Waals surface area contributed by atoms with Crippen molar-refractivity contribution in [3.05, 3.63) is 0 Å². The molecule has 0 spiro atoms. The van der Waals surface area contributed by atoms with Gasteiger partial charge in [0.05, 0.1) is 0 Å². The predicted molar refractivity (Wildman–Crippen MR) is 56.2 cm³/mol. The third-order valence-corrected chi connectivity index (χ3v) is 3.21. The second-order valence-corrected chi connectivity index (χ2v) is 5.27. The SMILES string of the molecule is CC(C)(C)C1CCNC(C(=O)O)CC1. The van der Waals surface area contributed by atoms with Crippen molar-refractivity contribution in [2.75, 3.05) is 6.54 Å². The molecule has 1 aliphatic heterocycles. The van der Waals surface area contributed by atoms with Crippen molar-refractivity contribution >= 4 is 5.97 Å². The molecule has 1 rings (SSSR count). The summed E-state index contributed by atoms with van der Waals surface area (Å²) < 4.78 is 0. The van der Waals surface area contributed by atoms with Crippen molar-refractivity contribution in [1.82, 2.24) is 5.32 Å². The number of hydrogen-bond acceptors (Lipinski definition) is 2. The van der Waals surface area contributed by atoms with Gasteiger partial charge in [0, 0.05) is 0 Å². The largest absolute Gasteiger partial charge is 0.480 e. The second kappa shape index (κ2) is 4.30. The first-order valence-electron chi connectivity index (χ1n) is 5.37. The molecule has 2 unspecified atom stereocenters. The fourth-order valence-electron chi connectivity index (χ4n) is 2.12. The molecule has 3 heteroatoms. The molecule has 14 heavy (non-hydrogen) atoms. The molecule has 0 aliphatic carbocycles. The van der Waals surface area contributed by atoms with E-state index in [0.717, 1.165) is 25.8 Å². The Morgan fingerprint density at radius 3 is 2.43 bits per heavy atom. The third kappa shape index (κ3) is 2.98. The highest BCUT2D eigenvalue weighted by atomic mass is 16.4. The van der Waals surface area contributed by atoms with Crippen LogP contribution in [0.2, 0.25) is 0 Å². The lowest BCUT2D eigenvalue weighted by atomic mass is 9.76. The number of carboxylic acids is 1. The maximum atomic E-state index is 10.8. The fraction of sp³-hybridized carbons (Fsp3) is 0.909. The summed E-state index contributed by atoms with van der Waals surface area (Å²) in [6, 6.07) is -0.331. The monoisotopic (exact) mass is 199 g/mol.